The third kappa shape index (κ3) is 4.20. The maximum atomic E-state index is 12.5. The minimum atomic E-state index is -1.12. The molecule has 0 atom stereocenters. The van der Waals surface area contributed by atoms with Crippen molar-refractivity contribution in [3.63, 3.8) is 0 Å². The second-order valence-corrected chi connectivity index (χ2v) is 9.23. The van der Waals surface area contributed by atoms with Crippen molar-refractivity contribution in [2.75, 3.05) is 13.2 Å². The third-order valence-corrected chi connectivity index (χ3v) is 6.49. The van der Waals surface area contributed by atoms with Gasteiger partial charge < -0.3 is 20.5 Å². The predicted octanol–water partition coefficient (Wildman–Crippen LogP) is 3.67. The molecule has 2 aliphatic carbocycles. The summed E-state index contributed by atoms with van der Waals surface area (Å²) < 4.78 is 5.51. The van der Waals surface area contributed by atoms with E-state index in [0.29, 0.717) is 19.3 Å². The molecule has 0 spiro atoms. The van der Waals surface area contributed by atoms with Gasteiger partial charge in [-0.05, 0) is 41.5 Å². The van der Waals surface area contributed by atoms with Gasteiger partial charge in [-0.2, -0.15) is 0 Å². The SMILES string of the molecule is CC(C)(CCNC(=O)OCC1c2ccccc2-c2ccccc21)C(=O)NC1(C(=O)O)CC1. The highest BCUT2D eigenvalue weighted by molar-refractivity contribution is 5.91. The quantitative estimate of drug-likeness (QED) is 0.586. The van der Waals surface area contributed by atoms with Crippen LogP contribution >= 0.6 is 0 Å². The number of hydrogen-bond donors (Lipinski definition) is 3. The van der Waals surface area contributed by atoms with Gasteiger partial charge in [0.25, 0.3) is 0 Å². The molecule has 0 aliphatic heterocycles. The molecule has 3 N–H and O–H groups in total. The molecule has 2 aromatic rings. The van der Waals surface area contributed by atoms with Crippen molar-refractivity contribution in [1.82, 2.24) is 10.6 Å². The molecule has 32 heavy (non-hydrogen) atoms. The average molecular weight is 437 g/mol. The molecule has 0 aromatic heterocycles. The van der Waals surface area contributed by atoms with Gasteiger partial charge in [0.1, 0.15) is 12.1 Å². The number of aliphatic carboxylic acids is 1. The smallest absolute Gasteiger partial charge is 0.407 e. The number of nitrogens with one attached hydrogen (secondary N) is 2. The maximum absolute atomic E-state index is 12.5. The summed E-state index contributed by atoms with van der Waals surface area (Å²) in [6.45, 7) is 3.95. The summed E-state index contributed by atoms with van der Waals surface area (Å²) in [5.74, 6) is -1.34. The van der Waals surface area contributed by atoms with Gasteiger partial charge >= 0.3 is 12.1 Å². The molecule has 1 fully saturated rings. The van der Waals surface area contributed by atoms with Gasteiger partial charge in [0.15, 0.2) is 0 Å². The number of amides is 2. The van der Waals surface area contributed by atoms with E-state index in [1.807, 2.05) is 24.3 Å². The number of rotatable bonds is 8. The molecule has 0 heterocycles. The number of carbonyl (C=O) groups is 3. The van der Waals surface area contributed by atoms with Crippen LogP contribution in [0.4, 0.5) is 4.79 Å². The molecule has 1 saturated carbocycles. The molecule has 4 rings (SSSR count). The largest absolute Gasteiger partial charge is 0.480 e. The zero-order valence-electron chi connectivity index (χ0n) is 18.3. The fourth-order valence-corrected chi connectivity index (χ4v) is 4.14. The lowest BCUT2D eigenvalue weighted by Gasteiger charge is -2.26. The average Bonchev–Trinajstić information content (AvgIpc) is 3.48. The molecule has 2 amide bonds. The molecule has 7 heteroatoms. The molecular weight excluding hydrogens is 408 g/mol. The number of alkyl carbamates (subject to hydrolysis) is 1. The van der Waals surface area contributed by atoms with Crippen LogP contribution in [-0.4, -0.2) is 41.8 Å². The Morgan fingerprint density at radius 2 is 1.59 bits per heavy atom. The summed E-state index contributed by atoms with van der Waals surface area (Å²) in [6.07, 6.45) is 0.718. The second-order valence-electron chi connectivity index (χ2n) is 9.23. The zero-order valence-corrected chi connectivity index (χ0v) is 18.3. The molecule has 0 bridgehead atoms. The van der Waals surface area contributed by atoms with E-state index in [-0.39, 0.29) is 25.0 Å². The van der Waals surface area contributed by atoms with E-state index in [2.05, 4.69) is 34.9 Å². The Balaban J connectivity index is 1.28. The molecular formula is C25H28N2O5. The van der Waals surface area contributed by atoms with Crippen LogP contribution < -0.4 is 10.6 Å². The maximum Gasteiger partial charge on any atom is 0.407 e. The van der Waals surface area contributed by atoms with Gasteiger partial charge in [0.05, 0.1) is 0 Å². The topological polar surface area (TPSA) is 105 Å². The first-order chi connectivity index (χ1) is 15.2. The number of benzene rings is 2. The van der Waals surface area contributed by atoms with Crippen LogP contribution in [0.5, 0.6) is 0 Å². The number of fused-ring (bicyclic) bond motifs is 3. The van der Waals surface area contributed by atoms with E-state index in [1.165, 1.54) is 11.1 Å². The lowest BCUT2D eigenvalue weighted by atomic mass is 9.87. The van der Waals surface area contributed by atoms with Gasteiger partial charge in [-0.15, -0.1) is 0 Å². The summed E-state index contributed by atoms with van der Waals surface area (Å²) in [4.78, 5) is 36.1. The molecule has 168 valence electrons. The summed E-state index contributed by atoms with van der Waals surface area (Å²) in [5, 5.41) is 14.6. The molecule has 2 aromatic carbocycles. The van der Waals surface area contributed by atoms with Gasteiger partial charge in [0.2, 0.25) is 5.91 Å². The van der Waals surface area contributed by atoms with Crippen molar-refractivity contribution in [2.45, 2.75) is 44.6 Å². The number of carboxylic acid groups (broad SMARTS) is 1. The van der Waals surface area contributed by atoms with Crippen LogP contribution in [0.25, 0.3) is 11.1 Å². The highest BCUT2D eigenvalue weighted by Gasteiger charge is 2.52. The van der Waals surface area contributed by atoms with Crippen LogP contribution in [-0.2, 0) is 14.3 Å². The fourth-order valence-electron chi connectivity index (χ4n) is 4.14. The van der Waals surface area contributed by atoms with Gasteiger partial charge in [-0.3, -0.25) is 4.79 Å². The highest BCUT2D eigenvalue weighted by atomic mass is 16.5. The minimum Gasteiger partial charge on any atom is -0.480 e. The van der Waals surface area contributed by atoms with E-state index >= 15 is 0 Å². The Hall–Kier alpha value is -3.35. The Labute approximate surface area is 187 Å². The van der Waals surface area contributed by atoms with Crippen molar-refractivity contribution >= 4 is 18.0 Å². The van der Waals surface area contributed by atoms with Crippen molar-refractivity contribution in [3.8, 4) is 11.1 Å². The second kappa shape index (κ2) is 8.30. The fraction of sp³-hybridized carbons (Fsp3) is 0.400. The Morgan fingerprint density at radius 3 is 2.12 bits per heavy atom. The van der Waals surface area contributed by atoms with Crippen molar-refractivity contribution in [2.24, 2.45) is 5.41 Å². The van der Waals surface area contributed by atoms with Crippen LogP contribution in [0.1, 0.15) is 50.2 Å². The zero-order chi connectivity index (χ0) is 22.9. The first kappa shape index (κ1) is 21.9. The van der Waals surface area contributed by atoms with Gasteiger partial charge in [-0.25, -0.2) is 9.59 Å². The standard InChI is InChI=1S/C25H28N2O5/c1-24(2,21(28)27-25(11-12-25)22(29)30)13-14-26-23(31)32-15-20-18-9-5-3-7-16(18)17-8-4-6-10-19(17)20/h3-10,20H,11-15H2,1-2H3,(H,26,31)(H,27,28)(H,29,30). The Kier molecular flexibility index (Phi) is 5.67. The van der Waals surface area contributed by atoms with Crippen LogP contribution in [0.3, 0.4) is 0 Å². The number of ether oxygens (including phenoxy) is 1. The predicted molar refractivity (Wildman–Crippen MR) is 119 cm³/mol. The first-order valence-corrected chi connectivity index (χ1v) is 10.9. The van der Waals surface area contributed by atoms with E-state index in [1.54, 1.807) is 13.8 Å². The number of hydrogen-bond acceptors (Lipinski definition) is 4. The minimum absolute atomic E-state index is 0.0129. The van der Waals surface area contributed by atoms with E-state index in [9.17, 15) is 19.5 Å². The van der Waals surface area contributed by atoms with Crippen molar-refractivity contribution in [3.05, 3.63) is 59.7 Å². The molecule has 0 saturated heterocycles. The van der Waals surface area contributed by atoms with Crippen LogP contribution in [0.2, 0.25) is 0 Å². The molecule has 0 unspecified atom stereocenters. The lowest BCUT2D eigenvalue weighted by molar-refractivity contribution is -0.144. The van der Waals surface area contributed by atoms with E-state index < -0.39 is 23.0 Å². The third-order valence-electron chi connectivity index (χ3n) is 6.49. The Morgan fingerprint density at radius 1 is 1.03 bits per heavy atom. The van der Waals surface area contributed by atoms with Crippen LogP contribution in [0.15, 0.2) is 48.5 Å². The molecule has 2 aliphatic rings. The summed E-state index contributed by atoms with van der Waals surface area (Å²) in [6, 6.07) is 16.3. The van der Waals surface area contributed by atoms with E-state index in [4.69, 9.17) is 4.74 Å². The number of carboxylic acids is 1. The monoisotopic (exact) mass is 436 g/mol. The summed E-state index contributed by atoms with van der Waals surface area (Å²) in [7, 11) is 0. The summed E-state index contributed by atoms with van der Waals surface area (Å²) in [5.41, 5.74) is 2.69. The first-order valence-electron chi connectivity index (χ1n) is 10.9. The highest BCUT2D eigenvalue weighted by Crippen LogP contribution is 2.44. The Bertz CT molecular complexity index is 1010. The van der Waals surface area contributed by atoms with Crippen molar-refractivity contribution < 1.29 is 24.2 Å². The number of carbonyl (C=O) groups excluding carboxylic acids is 2. The van der Waals surface area contributed by atoms with Crippen molar-refractivity contribution in [1.29, 1.82) is 0 Å². The van der Waals surface area contributed by atoms with E-state index in [0.717, 1.165) is 11.1 Å². The van der Waals surface area contributed by atoms with Gasteiger partial charge in [-0.1, -0.05) is 62.4 Å². The van der Waals surface area contributed by atoms with Crippen LogP contribution in [0, 0.1) is 5.41 Å². The lowest BCUT2D eigenvalue weighted by Crippen LogP contribution is -2.49. The van der Waals surface area contributed by atoms with Gasteiger partial charge in [0, 0.05) is 17.9 Å². The molecule has 0 radical (unpaired) electrons. The summed E-state index contributed by atoms with van der Waals surface area (Å²) >= 11 is 0. The molecule has 7 nitrogen and oxygen atoms in total. The normalized spacial score (nSPS) is 15.9.